The van der Waals surface area contributed by atoms with Crippen LogP contribution in [0.1, 0.15) is 67.2 Å². The quantitative estimate of drug-likeness (QED) is 0.0675. The van der Waals surface area contributed by atoms with Crippen molar-refractivity contribution in [2.24, 2.45) is 5.73 Å². The minimum Gasteiger partial charge on any atom is -0.507 e. The molecule has 1 heterocycles. The molecule has 1 aliphatic heterocycles. The average Bonchev–Trinajstić information content (AvgIpc) is 3.48. The Morgan fingerprint density at radius 3 is 1.98 bits per heavy atom. The van der Waals surface area contributed by atoms with Gasteiger partial charge in [0.1, 0.15) is 22.9 Å². The summed E-state index contributed by atoms with van der Waals surface area (Å²) in [7, 11) is 0. The summed E-state index contributed by atoms with van der Waals surface area (Å²) < 4.78 is 9.54. The number of hydrogen-bond donors (Lipinski definition) is 6. The summed E-state index contributed by atoms with van der Waals surface area (Å²) in [6.45, 7) is 6.48. The maximum atomic E-state index is 11.9. The third-order valence-corrected chi connectivity index (χ3v) is 5.58. The Labute approximate surface area is 288 Å². The van der Waals surface area contributed by atoms with E-state index in [2.05, 4.69) is 11.4 Å². The summed E-state index contributed by atoms with van der Waals surface area (Å²) in [5.74, 6) is -5.27. The smallest absolute Gasteiger partial charge is 0.507 e. The van der Waals surface area contributed by atoms with E-state index in [1.54, 1.807) is 37.3 Å². The first-order chi connectivity index (χ1) is 21.2. The van der Waals surface area contributed by atoms with Crippen molar-refractivity contribution >= 4 is 35.8 Å². The number of carbonyl (C=O) groups excluding carboxylic acids is 3. The number of aromatic hydroxyl groups is 1. The van der Waals surface area contributed by atoms with E-state index in [-0.39, 0.29) is 46.8 Å². The van der Waals surface area contributed by atoms with Crippen LogP contribution in [0, 0.1) is 6.07 Å². The molecule has 1 aliphatic rings. The van der Waals surface area contributed by atoms with Crippen molar-refractivity contribution in [3.05, 3.63) is 77.9 Å². The molecule has 0 aliphatic carbocycles. The fraction of sp³-hybridized carbons (Fsp3) is 0.355. The van der Waals surface area contributed by atoms with Gasteiger partial charge in [-0.05, 0) is 51.8 Å². The molecule has 46 heavy (non-hydrogen) atoms. The summed E-state index contributed by atoms with van der Waals surface area (Å²) in [5, 5.41) is 36.1. The monoisotopic (exact) mass is 654 g/mol. The van der Waals surface area contributed by atoms with Gasteiger partial charge in [-0.25, -0.2) is 24.0 Å². The first-order valence-electron chi connectivity index (χ1n) is 13.8. The fourth-order valence-electron chi connectivity index (χ4n) is 3.53. The maximum absolute atomic E-state index is 11.9. The number of carboxylic acids is 3. The van der Waals surface area contributed by atoms with Gasteiger partial charge >= 0.3 is 59.4 Å². The van der Waals surface area contributed by atoms with Crippen molar-refractivity contribution in [2.45, 2.75) is 58.0 Å². The third-order valence-electron chi connectivity index (χ3n) is 5.58. The molecule has 14 nitrogen and oxygen atoms in total. The Kier molecular flexibility index (Phi) is 23.2. The molecule has 1 saturated heterocycles. The van der Waals surface area contributed by atoms with Crippen LogP contribution in [0.4, 0.5) is 0 Å². The Morgan fingerprint density at radius 1 is 1.00 bits per heavy atom. The van der Waals surface area contributed by atoms with Gasteiger partial charge in [0, 0.05) is 12.2 Å². The molecule has 0 amide bonds. The van der Waals surface area contributed by atoms with Gasteiger partial charge in [-0.15, -0.1) is 30.3 Å². The van der Waals surface area contributed by atoms with Crippen LogP contribution in [0.5, 0.6) is 5.75 Å². The van der Waals surface area contributed by atoms with Crippen LogP contribution in [0.3, 0.4) is 0 Å². The molecule has 1 fully saturated rings. The van der Waals surface area contributed by atoms with Gasteiger partial charge < -0.3 is 45.7 Å². The maximum Gasteiger partial charge on any atom is 1.00 e. The van der Waals surface area contributed by atoms with Gasteiger partial charge in [-0.2, -0.15) is 0 Å². The number of carboxylic acid groups (broad SMARTS) is 3. The predicted octanol–water partition coefficient (Wildman–Crippen LogP) is -0.205. The van der Waals surface area contributed by atoms with E-state index >= 15 is 0 Å². The molecule has 1 unspecified atom stereocenters. The third kappa shape index (κ3) is 18.0. The minimum absolute atomic E-state index is 0. The number of para-hydroxylation sites is 1. The summed E-state index contributed by atoms with van der Waals surface area (Å²) in [6.07, 6.45) is 4.34. The molecular weight excluding hydrogens is 615 g/mol. The Morgan fingerprint density at radius 2 is 1.59 bits per heavy atom. The number of carbonyl (C=O) groups is 6. The van der Waals surface area contributed by atoms with E-state index in [1.807, 2.05) is 13.0 Å². The minimum atomic E-state index is -1.26. The van der Waals surface area contributed by atoms with Crippen LogP contribution in [0.15, 0.2) is 60.7 Å². The largest absolute Gasteiger partial charge is 1.00 e. The van der Waals surface area contributed by atoms with Gasteiger partial charge in [0.2, 0.25) is 5.97 Å². The van der Waals surface area contributed by atoms with Crippen LogP contribution < -0.4 is 40.6 Å². The molecule has 15 heteroatoms. The number of hydrogen-bond acceptors (Lipinski definition) is 11. The van der Waals surface area contributed by atoms with Crippen LogP contribution in [0.2, 0.25) is 0 Å². The summed E-state index contributed by atoms with van der Waals surface area (Å²) in [6, 6.07) is 14.8. The average molecular weight is 655 g/mol. The van der Waals surface area contributed by atoms with Crippen molar-refractivity contribution in [1.82, 2.24) is 5.32 Å². The fourth-order valence-corrected chi connectivity index (χ4v) is 3.53. The van der Waals surface area contributed by atoms with Crippen molar-refractivity contribution in [3.8, 4) is 5.75 Å². The van der Waals surface area contributed by atoms with E-state index in [4.69, 9.17) is 35.6 Å². The molecule has 0 spiro atoms. The summed E-state index contributed by atoms with van der Waals surface area (Å²) in [4.78, 5) is 63.5. The topological polar surface area (TPSA) is 240 Å². The number of esters is 3. The Bertz CT molecular complexity index is 1280. The number of ether oxygens (including phenoxy) is 2. The van der Waals surface area contributed by atoms with Crippen molar-refractivity contribution in [3.63, 3.8) is 0 Å². The van der Waals surface area contributed by atoms with E-state index in [0.29, 0.717) is 30.7 Å². The molecule has 0 bridgehead atoms. The van der Waals surface area contributed by atoms with Crippen molar-refractivity contribution < 1.29 is 88.2 Å². The van der Waals surface area contributed by atoms with Gasteiger partial charge in [-0.3, -0.25) is 0 Å². The first kappa shape index (κ1) is 44.0. The molecule has 7 N–H and O–H groups in total. The molecule has 0 saturated carbocycles. The number of aromatic carboxylic acids is 1. The molecule has 0 aromatic heterocycles. The summed E-state index contributed by atoms with van der Waals surface area (Å²) in [5.41, 5.74) is 5.10. The zero-order valence-corrected chi connectivity index (χ0v) is 28.2. The van der Waals surface area contributed by atoms with Gasteiger partial charge in [-0.1, -0.05) is 31.0 Å². The number of phenols is 1. The molecule has 2 atom stereocenters. The molecule has 2 aromatic rings. The molecule has 3 rings (SSSR count). The molecule has 2 aromatic carbocycles. The molecule has 246 valence electrons. The van der Waals surface area contributed by atoms with Crippen LogP contribution in [-0.2, 0) is 28.7 Å². The Hall–Kier alpha value is -4.08. The summed E-state index contributed by atoms with van der Waals surface area (Å²) >= 11 is 0. The zero-order chi connectivity index (χ0) is 34.4. The number of benzene rings is 2. The van der Waals surface area contributed by atoms with Crippen molar-refractivity contribution in [2.75, 3.05) is 13.2 Å². The normalized spacial score (nSPS) is 15.0. The van der Waals surface area contributed by atoms with Crippen molar-refractivity contribution in [1.29, 1.82) is 0 Å². The second-order valence-electron chi connectivity index (χ2n) is 9.19. The first-order valence-corrected chi connectivity index (χ1v) is 13.8. The zero-order valence-electron chi connectivity index (χ0n) is 26.2. The van der Waals surface area contributed by atoms with Crippen LogP contribution in [-0.4, -0.2) is 81.0 Å². The second-order valence-corrected chi connectivity index (χ2v) is 9.19. The van der Waals surface area contributed by atoms with Crippen LogP contribution in [0.25, 0.3) is 0 Å². The Balaban J connectivity index is 0. The van der Waals surface area contributed by atoms with Crippen LogP contribution >= 0.6 is 0 Å². The molecular formula is C31H39N2NaO12. The van der Waals surface area contributed by atoms with E-state index in [1.165, 1.54) is 19.1 Å². The van der Waals surface area contributed by atoms with E-state index < -0.39 is 41.4 Å². The standard InChI is InChI=1S/C11H20N2O3.C9H9O2.C7H6O3.C4H4O4.Na/c1-3-5-11(6-4-7-13-11)10(15)16-9(14)8(2)12;1-2-11-9(10)8-6-4-3-5-7-8;8-6-4-2-1-3-5(6)7(9)10;5-3(6)1-2-4(7)8;/h8,13H,3-7,12H2,1-2H3;3-6H,2H2,1H3;1-4,8H,(H,9,10);1-2H,(H,5,6)(H,7,8);/q;-1;;;+1/t8?,11-;;;;/m0..../s1. The van der Waals surface area contributed by atoms with Gasteiger partial charge in [0.25, 0.3) is 0 Å². The molecule has 0 radical (unpaired) electrons. The number of aliphatic carboxylic acids is 2. The number of rotatable bonds is 9. The second kappa shape index (κ2) is 24.2. The van der Waals surface area contributed by atoms with E-state index in [9.17, 15) is 28.8 Å². The van der Waals surface area contributed by atoms with Gasteiger partial charge in [0.05, 0.1) is 6.61 Å². The SMILES string of the molecule is CCC[C@@]1(C(=O)OC(=O)C(C)N)CCCN1.CCOC(=O)c1[c-]cccc1.O=C(O)C=CC(=O)O.O=C(O)c1ccccc1O.[Na+]. The predicted molar refractivity (Wildman–Crippen MR) is 160 cm³/mol. The van der Waals surface area contributed by atoms with E-state index in [0.717, 1.165) is 25.8 Å². The number of nitrogens with one attached hydrogen (secondary N) is 1. The number of nitrogens with two attached hydrogens (primary N) is 1. The van der Waals surface area contributed by atoms with Gasteiger partial charge in [0.15, 0.2) is 0 Å².